The van der Waals surface area contributed by atoms with Crippen molar-refractivity contribution in [1.29, 1.82) is 0 Å². The number of nitrogens with one attached hydrogen (secondary N) is 1. The van der Waals surface area contributed by atoms with E-state index >= 15 is 4.39 Å². The molecular weight excluding hydrogens is 520 g/mol. The van der Waals surface area contributed by atoms with Crippen LogP contribution in [-0.4, -0.2) is 35.0 Å². The SMILES string of the molecule is COc1cnc2c(Oc3ccc(CC(=O)c4c[nH]c(C)c(-c5ccc(F)cc5OC)c4=O)cc3F)ccnc2c1. The Balaban J connectivity index is 1.40. The van der Waals surface area contributed by atoms with Gasteiger partial charge in [-0.15, -0.1) is 0 Å². The summed E-state index contributed by atoms with van der Waals surface area (Å²) in [5.74, 6) is -0.829. The lowest BCUT2D eigenvalue weighted by Crippen LogP contribution is -2.20. The molecule has 5 aromatic rings. The molecule has 0 saturated heterocycles. The largest absolute Gasteiger partial charge is 0.496 e. The molecule has 0 aliphatic rings. The molecule has 0 amide bonds. The van der Waals surface area contributed by atoms with E-state index in [9.17, 15) is 14.0 Å². The lowest BCUT2D eigenvalue weighted by atomic mass is 9.97. The average molecular weight is 544 g/mol. The Bertz CT molecular complexity index is 1820. The molecule has 0 aliphatic heterocycles. The second kappa shape index (κ2) is 10.9. The molecule has 0 unspecified atom stereocenters. The summed E-state index contributed by atoms with van der Waals surface area (Å²) in [6.45, 7) is 1.67. The number of nitrogens with zero attached hydrogens (tertiary/aromatic N) is 2. The van der Waals surface area contributed by atoms with Crippen LogP contribution in [0.4, 0.5) is 8.78 Å². The molecule has 3 aromatic heterocycles. The van der Waals surface area contributed by atoms with Crippen molar-refractivity contribution in [2.45, 2.75) is 13.3 Å². The number of rotatable bonds is 8. The van der Waals surface area contributed by atoms with E-state index in [0.717, 1.165) is 6.07 Å². The maximum absolute atomic E-state index is 15.0. The third-order valence-electron chi connectivity index (χ3n) is 6.35. The van der Waals surface area contributed by atoms with Gasteiger partial charge in [-0.1, -0.05) is 6.07 Å². The zero-order valence-corrected chi connectivity index (χ0v) is 21.7. The third kappa shape index (κ3) is 5.11. The first kappa shape index (κ1) is 26.5. The van der Waals surface area contributed by atoms with Gasteiger partial charge in [0.05, 0.1) is 37.1 Å². The maximum Gasteiger partial charge on any atom is 0.200 e. The Kier molecular flexibility index (Phi) is 7.24. The minimum atomic E-state index is -0.696. The molecule has 5 rings (SSSR count). The van der Waals surface area contributed by atoms with Crippen molar-refractivity contribution in [3.63, 3.8) is 0 Å². The zero-order valence-electron chi connectivity index (χ0n) is 21.7. The topological polar surface area (TPSA) is 103 Å². The molecule has 0 aliphatic carbocycles. The van der Waals surface area contributed by atoms with E-state index in [-0.39, 0.29) is 29.0 Å². The quantitative estimate of drug-likeness (QED) is 0.247. The summed E-state index contributed by atoms with van der Waals surface area (Å²) in [5.41, 5.74) is 1.65. The van der Waals surface area contributed by atoms with E-state index in [1.54, 1.807) is 25.1 Å². The van der Waals surface area contributed by atoms with E-state index in [1.165, 1.54) is 57.1 Å². The summed E-state index contributed by atoms with van der Waals surface area (Å²) >= 11 is 0. The van der Waals surface area contributed by atoms with Crippen LogP contribution in [0, 0.1) is 18.6 Å². The van der Waals surface area contributed by atoms with Gasteiger partial charge in [0, 0.05) is 48.3 Å². The van der Waals surface area contributed by atoms with Crippen molar-refractivity contribution in [1.82, 2.24) is 15.0 Å². The smallest absolute Gasteiger partial charge is 0.200 e. The van der Waals surface area contributed by atoms with Crippen LogP contribution in [0.5, 0.6) is 23.0 Å². The first-order chi connectivity index (χ1) is 19.3. The number of methoxy groups -OCH3 is 2. The van der Waals surface area contributed by atoms with Gasteiger partial charge in [0.15, 0.2) is 23.1 Å². The molecule has 0 spiro atoms. The van der Waals surface area contributed by atoms with E-state index in [0.29, 0.717) is 39.4 Å². The minimum Gasteiger partial charge on any atom is -0.496 e. The molecular formula is C30H23F2N3O5. The van der Waals surface area contributed by atoms with Gasteiger partial charge in [-0.05, 0) is 36.8 Å². The van der Waals surface area contributed by atoms with E-state index in [4.69, 9.17) is 14.2 Å². The number of aromatic amines is 1. The van der Waals surface area contributed by atoms with Crippen LogP contribution in [0.3, 0.4) is 0 Å². The number of hydrogen-bond acceptors (Lipinski definition) is 7. The fourth-order valence-corrected chi connectivity index (χ4v) is 4.34. The second-order valence-electron chi connectivity index (χ2n) is 8.89. The van der Waals surface area contributed by atoms with Crippen LogP contribution < -0.4 is 19.6 Å². The summed E-state index contributed by atoms with van der Waals surface area (Å²) in [7, 11) is 2.88. The van der Waals surface area contributed by atoms with Gasteiger partial charge in [-0.25, -0.2) is 13.8 Å². The highest BCUT2D eigenvalue weighted by atomic mass is 19.1. The number of aromatic nitrogens is 3. The van der Waals surface area contributed by atoms with Crippen molar-refractivity contribution < 1.29 is 27.8 Å². The lowest BCUT2D eigenvalue weighted by molar-refractivity contribution is 0.0991. The number of pyridine rings is 3. The van der Waals surface area contributed by atoms with E-state index in [2.05, 4.69) is 15.0 Å². The van der Waals surface area contributed by atoms with Gasteiger partial charge in [-0.2, -0.15) is 0 Å². The fourth-order valence-electron chi connectivity index (χ4n) is 4.34. The number of carbonyl (C=O) groups excluding carboxylic acids is 1. The van der Waals surface area contributed by atoms with Gasteiger partial charge < -0.3 is 19.2 Å². The van der Waals surface area contributed by atoms with Crippen molar-refractivity contribution in [3.05, 3.63) is 106 Å². The molecule has 10 heteroatoms. The Labute approximate surface area is 227 Å². The van der Waals surface area contributed by atoms with Crippen LogP contribution in [0.15, 0.2) is 71.9 Å². The van der Waals surface area contributed by atoms with Gasteiger partial charge >= 0.3 is 0 Å². The fraction of sp³-hybridized carbons (Fsp3) is 0.133. The lowest BCUT2D eigenvalue weighted by Gasteiger charge is -2.12. The number of fused-ring (bicyclic) bond motifs is 1. The summed E-state index contributed by atoms with van der Waals surface area (Å²) in [6.07, 6.45) is 4.11. The van der Waals surface area contributed by atoms with Crippen LogP contribution >= 0.6 is 0 Å². The average Bonchev–Trinajstić information content (AvgIpc) is 2.94. The number of ketones is 1. The van der Waals surface area contributed by atoms with Crippen molar-refractivity contribution in [2.24, 2.45) is 0 Å². The molecule has 0 fully saturated rings. The number of ether oxygens (including phenoxy) is 3. The van der Waals surface area contributed by atoms with E-state index in [1.807, 2.05) is 0 Å². The number of H-pyrrole nitrogens is 1. The standard InChI is InChI=1S/C30H23F2N3O5/c1-16-28(20-6-5-18(31)12-27(20)39-3)30(37)21(15-34-16)24(36)11-17-4-7-25(22(32)10-17)40-26-8-9-33-23-13-19(38-2)14-35-29(23)26/h4-10,12-15H,11H2,1-3H3,(H,34,37). The first-order valence-electron chi connectivity index (χ1n) is 12.1. The molecule has 1 N–H and O–H groups in total. The molecule has 3 heterocycles. The van der Waals surface area contributed by atoms with Gasteiger partial charge in [-0.3, -0.25) is 14.6 Å². The predicted molar refractivity (Wildman–Crippen MR) is 144 cm³/mol. The number of halogens is 2. The Hall–Kier alpha value is -5.12. The van der Waals surface area contributed by atoms with Crippen molar-refractivity contribution >= 4 is 16.8 Å². The number of hydrogen-bond donors (Lipinski definition) is 1. The maximum atomic E-state index is 15.0. The van der Waals surface area contributed by atoms with Crippen LogP contribution in [0.2, 0.25) is 0 Å². The molecule has 0 bridgehead atoms. The van der Waals surface area contributed by atoms with E-state index < -0.39 is 22.8 Å². The first-order valence-corrected chi connectivity index (χ1v) is 12.1. The Morgan fingerprint density at radius 1 is 0.950 bits per heavy atom. The van der Waals surface area contributed by atoms with Crippen molar-refractivity contribution in [3.8, 4) is 34.1 Å². The van der Waals surface area contributed by atoms with Crippen LogP contribution in [0.25, 0.3) is 22.2 Å². The van der Waals surface area contributed by atoms with Gasteiger partial charge in [0.25, 0.3) is 0 Å². The second-order valence-corrected chi connectivity index (χ2v) is 8.89. The molecule has 202 valence electrons. The summed E-state index contributed by atoms with van der Waals surface area (Å²) in [6, 6.07) is 11.2. The summed E-state index contributed by atoms with van der Waals surface area (Å²) in [4.78, 5) is 37.9. The zero-order chi connectivity index (χ0) is 28.4. The number of aryl methyl sites for hydroxylation is 1. The molecule has 8 nitrogen and oxygen atoms in total. The highest BCUT2D eigenvalue weighted by molar-refractivity contribution is 5.98. The molecule has 0 saturated carbocycles. The Morgan fingerprint density at radius 2 is 1.77 bits per heavy atom. The Morgan fingerprint density at radius 3 is 2.52 bits per heavy atom. The highest BCUT2D eigenvalue weighted by Gasteiger charge is 2.20. The highest BCUT2D eigenvalue weighted by Crippen LogP contribution is 2.32. The summed E-state index contributed by atoms with van der Waals surface area (Å²) < 4.78 is 44.9. The molecule has 0 radical (unpaired) electrons. The number of benzene rings is 2. The number of Topliss-reactive ketones (excluding diaryl/α,β-unsaturated/α-hetero) is 1. The normalized spacial score (nSPS) is 10.9. The predicted octanol–water partition coefficient (Wildman–Crippen LogP) is 5.81. The number of carbonyl (C=O) groups is 1. The van der Waals surface area contributed by atoms with Crippen LogP contribution in [0.1, 0.15) is 21.6 Å². The molecule has 40 heavy (non-hydrogen) atoms. The molecule has 2 aromatic carbocycles. The van der Waals surface area contributed by atoms with Gasteiger partial charge in [0.2, 0.25) is 5.43 Å². The minimum absolute atomic E-state index is 0.0693. The van der Waals surface area contributed by atoms with Crippen LogP contribution in [-0.2, 0) is 6.42 Å². The van der Waals surface area contributed by atoms with Crippen molar-refractivity contribution in [2.75, 3.05) is 14.2 Å². The molecule has 0 atom stereocenters. The summed E-state index contributed by atoms with van der Waals surface area (Å²) in [5, 5.41) is 0. The van der Waals surface area contributed by atoms with Gasteiger partial charge in [0.1, 0.15) is 22.8 Å². The monoisotopic (exact) mass is 543 g/mol. The third-order valence-corrected chi connectivity index (χ3v) is 6.35.